The number of esters is 1. The maximum atomic E-state index is 13.9. The number of nitrogens with zero attached hydrogens (tertiary/aromatic N) is 7. The molecule has 0 atom stereocenters. The maximum Gasteiger partial charge on any atom is 0.305 e. The lowest BCUT2D eigenvalue weighted by Gasteiger charge is -2.11. The van der Waals surface area contributed by atoms with E-state index >= 15 is 0 Å². The topological polar surface area (TPSA) is 224 Å². The number of fused-ring (bicyclic) bond motifs is 2. The smallest absolute Gasteiger partial charge is 0.305 e. The van der Waals surface area contributed by atoms with E-state index in [1.54, 1.807) is 58.8 Å². The largest absolute Gasteiger partial charge is 0.466 e. The fourth-order valence-corrected chi connectivity index (χ4v) is 7.25. The van der Waals surface area contributed by atoms with Gasteiger partial charge in [0.2, 0.25) is 11.8 Å². The zero-order chi connectivity index (χ0) is 40.8. The number of amides is 3. The number of carbonyl (C=O) groups excluding carboxylic acids is 5. The highest BCUT2D eigenvalue weighted by Crippen LogP contribution is 2.28. The van der Waals surface area contributed by atoms with Gasteiger partial charge in [0.05, 0.1) is 41.1 Å². The molecule has 6 rings (SSSR count). The van der Waals surface area contributed by atoms with Crippen LogP contribution in [0.25, 0.3) is 11.0 Å². The fraction of sp³-hybridized carbons (Fsp3) is 0.390. The minimum Gasteiger partial charge on any atom is -0.466 e. The number of imidazole rings is 1. The summed E-state index contributed by atoms with van der Waals surface area (Å²) in [7, 11) is 0. The second-order valence-electron chi connectivity index (χ2n) is 14.1. The Labute approximate surface area is 329 Å². The number of aliphatic imine (C=N–C) groups is 1. The Hall–Kier alpha value is -6.45. The summed E-state index contributed by atoms with van der Waals surface area (Å²) in [6.07, 6.45) is 4.10. The van der Waals surface area contributed by atoms with Crippen LogP contribution < -0.4 is 16.8 Å². The second-order valence-corrected chi connectivity index (χ2v) is 14.1. The number of aryl methyl sites for hydroxylation is 5. The van der Waals surface area contributed by atoms with Crippen molar-refractivity contribution in [1.82, 2.24) is 34.4 Å². The van der Waals surface area contributed by atoms with Crippen molar-refractivity contribution in [2.75, 3.05) is 6.61 Å². The van der Waals surface area contributed by atoms with Gasteiger partial charge in [-0.2, -0.15) is 10.2 Å². The van der Waals surface area contributed by atoms with Gasteiger partial charge in [-0.1, -0.05) is 12.5 Å². The van der Waals surface area contributed by atoms with Gasteiger partial charge in [-0.25, -0.2) is 9.98 Å². The van der Waals surface area contributed by atoms with Crippen LogP contribution in [0.5, 0.6) is 0 Å². The molecule has 1 aliphatic rings. The second kappa shape index (κ2) is 17.6. The lowest BCUT2D eigenvalue weighted by Crippen LogP contribution is -2.33. The Kier molecular flexibility index (Phi) is 12.4. The molecule has 5 aromatic rings. The predicted molar refractivity (Wildman–Crippen MR) is 213 cm³/mol. The number of rotatable bonds is 18. The lowest BCUT2D eigenvalue weighted by molar-refractivity contribution is -0.143. The standard InChI is InChI=1S/C41H48N10O6/c1-5-50-38(41(56)46-35-22-26-13-14-27(39(42)54)20-30(26)44-35)29(25(4)48-50)11-8-7-9-18-51-33(19-24(3)47-51)34(52)23-36-45-31-21-28(40(43)55)15-16-32(31)49(36)17-10-12-37(53)57-6-2/h13-16,19-21H,5-12,17-18,22-23H2,1-4H3,(H2,42,54)(H2,43,55)(H,44,46,56). The highest BCUT2D eigenvalue weighted by molar-refractivity contribution is 6.09. The third kappa shape index (κ3) is 9.17. The van der Waals surface area contributed by atoms with E-state index < -0.39 is 11.8 Å². The molecule has 5 N–H and O–H groups in total. The summed E-state index contributed by atoms with van der Waals surface area (Å²) >= 11 is 0. The number of ketones is 1. The van der Waals surface area contributed by atoms with Gasteiger partial charge in [0.1, 0.15) is 23.0 Å². The van der Waals surface area contributed by atoms with Crippen molar-refractivity contribution in [2.24, 2.45) is 16.5 Å². The number of Topliss-reactive ketones (excluding diaryl/α,β-unsaturated/α-hetero) is 1. The van der Waals surface area contributed by atoms with Gasteiger partial charge in [0.15, 0.2) is 5.78 Å². The van der Waals surface area contributed by atoms with Crippen molar-refractivity contribution in [3.8, 4) is 0 Å². The first-order valence-corrected chi connectivity index (χ1v) is 19.3. The molecule has 0 saturated carbocycles. The molecule has 16 nitrogen and oxygen atoms in total. The zero-order valence-electron chi connectivity index (χ0n) is 32.8. The summed E-state index contributed by atoms with van der Waals surface area (Å²) in [6.45, 7) is 9.21. The number of primary amides is 2. The molecule has 2 aromatic carbocycles. The number of unbranched alkanes of at least 4 members (excludes halogenated alkanes) is 2. The molecule has 0 bridgehead atoms. The molecule has 57 heavy (non-hydrogen) atoms. The number of ether oxygens (including phenoxy) is 1. The minimum absolute atomic E-state index is 0.0103. The quantitative estimate of drug-likeness (QED) is 0.0648. The van der Waals surface area contributed by atoms with Crippen LogP contribution in [0.1, 0.15) is 116 Å². The van der Waals surface area contributed by atoms with E-state index in [0.717, 1.165) is 41.6 Å². The van der Waals surface area contributed by atoms with E-state index in [1.807, 2.05) is 25.3 Å². The van der Waals surface area contributed by atoms with E-state index in [2.05, 4.69) is 20.5 Å². The van der Waals surface area contributed by atoms with Crippen molar-refractivity contribution in [3.05, 3.63) is 93.3 Å². The van der Waals surface area contributed by atoms with Crippen LogP contribution in [0.4, 0.5) is 5.69 Å². The Morgan fingerprint density at radius 2 is 1.61 bits per heavy atom. The van der Waals surface area contributed by atoms with Crippen LogP contribution in [0.2, 0.25) is 0 Å². The summed E-state index contributed by atoms with van der Waals surface area (Å²) in [6, 6.07) is 11.9. The molecule has 3 aromatic heterocycles. The number of hydrogen-bond acceptors (Lipinski definition) is 10. The molecule has 1 aliphatic heterocycles. The summed E-state index contributed by atoms with van der Waals surface area (Å²) < 4.78 is 10.4. The first-order valence-electron chi connectivity index (χ1n) is 19.3. The molecule has 0 unspecified atom stereocenters. The number of carbonyl (C=O) groups is 5. The van der Waals surface area contributed by atoms with E-state index in [-0.39, 0.29) is 30.5 Å². The molecule has 0 aliphatic carbocycles. The SMILES string of the molecule is CCOC(=O)CCCn1c(CC(=O)c2cc(C)nn2CCCCCc2c(C)nn(CC)c2C(=O)NC2=Nc3cc(C(N)=O)ccc3C2)nc2cc(C(N)=O)ccc21. The molecular weight excluding hydrogens is 729 g/mol. The number of benzene rings is 2. The zero-order valence-corrected chi connectivity index (χ0v) is 32.8. The van der Waals surface area contributed by atoms with Crippen LogP contribution in [-0.4, -0.2) is 71.0 Å². The average Bonchev–Trinajstić information content (AvgIpc) is 3.93. The summed E-state index contributed by atoms with van der Waals surface area (Å²) in [4.78, 5) is 72.3. The van der Waals surface area contributed by atoms with E-state index in [9.17, 15) is 24.0 Å². The van der Waals surface area contributed by atoms with Gasteiger partial charge in [-0.3, -0.25) is 33.3 Å². The highest BCUT2D eigenvalue weighted by atomic mass is 16.5. The molecular formula is C41H48N10O6. The molecule has 0 saturated heterocycles. The van der Waals surface area contributed by atoms with Gasteiger partial charge < -0.3 is 26.1 Å². The number of amidine groups is 1. The Balaban J connectivity index is 1.09. The van der Waals surface area contributed by atoms with Crippen LogP contribution >= 0.6 is 0 Å². The van der Waals surface area contributed by atoms with E-state index in [0.29, 0.717) is 96.6 Å². The van der Waals surface area contributed by atoms with Crippen LogP contribution in [0, 0.1) is 13.8 Å². The molecule has 0 radical (unpaired) electrons. The molecule has 4 heterocycles. The van der Waals surface area contributed by atoms with E-state index in [1.165, 1.54) is 0 Å². The van der Waals surface area contributed by atoms with Gasteiger partial charge in [-0.05, 0) is 95.3 Å². The normalized spacial score (nSPS) is 12.1. The molecule has 298 valence electrons. The van der Waals surface area contributed by atoms with Crippen molar-refractivity contribution >= 4 is 52.0 Å². The highest BCUT2D eigenvalue weighted by Gasteiger charge is 2.25. The van der Waals surface area contributed by atoms with Crippen molar-refractivity contribution in [3.63, 3.8) is 0 Å². The maximum absolute atomic E-state index is 13.9. The predicted octanol–water partition coefficient (Wildman–Crippen LogP) is 4.46. The molecule has 0 spiro atoms. The number of nitrogens with one attached hydrogen (secondary N) is 1. The summed E-state index contributed by atoms with van der Waals surface area (Å²) in [5.74, 6) is -0.851. The first kappa shape index (κ1) is 40.2. The molecule has 16 heteroatoms. The Morgan fingerprint density at radius 3 is 2.35 bits per heavy atom. The van der Waals surface area contributed by atoms with Gasteiger partial charge in [0.25, 0.3) is 5.91 Å². The fourth-order valence-electron chi connectivity index (χ4n) is 7.25. The summed E-state index contributed by atoms with van der Waals surface area (Å²) in [5.41, 5.74) is 17.7. The first-order chi connectivity index (χ1) is 27.4. The van der Waals surface area contributed by atoms with Crippen molar-refractivity contribution in [2.45, 2.75) is 98.7 Å². The number of aromatic nitrogens is 6. The van der Waals surface area contributed by atoms with E-state index in [4.69, 9.17) is 21.2 Å². The van der Waals surface area contributed by atoms with Gasteiger partial charge in [0, 0.05) is 49.2 Å². The number of nitrogens with two attached hydrogens (primary N) is 2. The monoisotopic (exact) mass is 776 g/mol. The van der Waals surface area contributed by atoms with Crippen LogP contribution in [0.3, 0.4) is 0 Å². The van der Waals surface area contributed by atoms with Crippen molar-refractivity contribution in [1.29, 1.82) is 0 Å². The molecule has 0 fully saturated rings. The van der Waals surface area contributed by atoms with Crippen molar-refractivity contribution < 1.29 is 28.7 Å². The Morgan fingerprint density at radius 1 is 0.860 bits per heavy atom. The lowest BCUT2D eigenvalue weighted by atomic mass is 10.0. The number of hydrogen-bond donors (Lipinski definition) is 3. The van der Waals surface area contributed by atoms with Crippen LogP contribution in [-0.2, 0) is 48.4 Å². The summed E-state index contributed by atoms with van der Waals surface area (Å²) in [5, 5.41) is 12.2. The van der Waals surface area contributed by atoms with Crippen LogP contribution in [0.15, 0.2) is 47.5 Å². The molecule has 3 amide bonds. The van der Waals surface area contributed by atoms with Gasteiger partial charge >= 0.3 is 5.97 Å². The third-order valence-corrected chi connectivity index (χ3v) is 9.99. The third-order valence-electron chi connectivity index (χ3n) is 9.99. The van der Waals surface area contributed by atoms with Gasteiger partial charge in [-0.15, -0.1) is 0 Å². The Bertz CT molecular complexity index is 2400. The average molecular weight is 777 g/mol. The minimum atomic E-state index is -0.576.